The predicted octanol–water partition coefficient (Wildman–Crippen LogP) is 3.44. The summed E-state index contributed by atoms with van der Waals surface area (Å²) in [6, 6.07) is 15.5. The van der Waals surface area contributed by atoms with E-state index >= 15 is 0 Å². The molecule has 0 spiro atoms. The number of aromatic nitrogens is 1. The van der Waals surface area contributed by atoms with Gasteiger partial charge in [-0.1, -0.05) is 36.4 Å². The molecule has 3 N–H and O–H groups in total. The number of nitrogens with zero attached hydrogens (tertiary/aromatic N) is 1. The first kappa shape index (κ1) is 19.4. The number of anilines is 1. The summed E-state index contributed by atoms with van der Waals surface area (Å²) in [6.45, 7) is -0.150. The standard InChI is InChI=1S/C21H19F2N3O2/c22-17-9-8-14(11-18(17)23)12-25-21(28)16-7-4-10-24-20(16)26-19(13-27)15-5-2-1-3-6-15/h1-11,19,27H,12-13H2,(H,24,26)(H,25,28). The van der Waals surface area contributed by atoms with E-state index in [1.54, 1.807) is 12.1 Å². The monoisotopic (exact) mass is 383 g/mol. The number of hydrogen-bond acceptors (Lipinski definition) is 4. The van der Waals surface area contributed by atoms with Gasteiger partial charge >= 0.3 is 0 Å². The summed E-state index contributed by atoms with van der Waals surface area (Å²) in [6.07, 6.45) is 1.54. The van der Waals surface area contributed by atoms with Crippen LogP contribution in [0.2, 0.25) is 0 Å². The van der Waals surface area contributed by atoms with Crippen molar-refractivity contribution < 1.29 is 18.7 Å². The Morgan fingerprint density at radius 1 is 1.04 bits per heavy atom. The fourth-order valence-electron chi connectivity index (χ4n) is 2.72. The molecule has 144 valence electrons. The number of aliphatic hydroxyl groups is 1. The SMILES string of the molecule is O=C(NCc1ccc(F)c(F)c1)c1cccnc1NC(CO)c1ccccc1. The lowest BCUT2D eigenvalue weighted by Crippen LogP contribution is -2.25. The van der Waals surface area contributed by atoms with E-state index in [0.29, 0.717) is 11.4 Å². The fourth-order valence-corrected chi connectivity index (χ4v) is 2.72. The minimum atomic E-state index is -0.968. The van der Waals surface area contributed by atoms with E-state index in [4.69, 9.17) is 0 Å². The van der Waals surface area contributed by atoms with Crippen LogP contribution in [0, 0.1) is 11.6 Å². The van der Waals surface area contributed by atoms with Gasteiger partial charge in [0.2, 0.25) is 0 Å². The highest BCUT2D eigenvalue weighted by Gasteiger charge is 2.17. The molecule has 5 nitrogen and oxygen atoms in total. The molecule has 28 heavy (non-hydrogen) atoms. The molecule has 0 saturated heterocycles. The number of halogens is 2. The Bertz CT molecular complexity index is 951. The third-order valence-corrected chi connectivity index (χ3v) is 4.18. The predicted molar refractivity (Wildman–Crippen MR) is 102 cm³/mol. The summed E-state index contributed by atoms with van der Waals surface area (Å²) in [5.41, 5.74) is 1.56. The van der Waals surface area contributed by atoms with Crippen LogP contribution in [0.5, 0.6) is 0 Å². The minimum absolute atomic E-state index is 0.0342. The highest BCUT2D eigenvalue weighted by Crippen LogP contribution is 2.20. The molecule has 0 aliphatic heterocycles. The Kier molecular flexibility index (Phi) is 6.29. The van der Waals surface area contributed by atoms with Crippen LogP contribution in [-0.2, 0) is 6.54 Å². The molecule has 0 bridgehead atoms. The number of nitrogens with one attached hydrogen (secondary N) is 2. The number of amides is 1. The summed E-state index contributed by atoms with van der Waals surface area (Å²) < 4.78 is 26.3. The molecular formula is C21H19F2N3O2. The van der Waals surface area contributed by atoms with E-state index in [2.05, 4.69) is 15.6 Å². The van der Waals surface area contributed by atoms with E-state index < -0.39 is 23.6 Å². The highest BCUT2D eigenvalue weighted by atomic mass is 19.2. The molecular weight excluding hydrogens is 364 g/mol. The van der Waals surface area contributed by atoms with Gasteiger partial charge in [0.25, 0.3) is 5.91 Å². The topological polar surface area (TPSA) is 74.2 Å². The number of rotatable bonds is 7. The molecule has 1 unspecified atom stereocenters. The third-order valence-electron chi connectivity index (χ3n) is 4.18. The second-order valence-corrected chi connectivity index (χ2v) is 6.12. The molecule has 0 fully saturated rings. The number of hydrogen-bond donors (Lipinski definition) is 3. The van der Waals surface area contributed by atoms with Crippen molar-refractivity contribution in [2.45, 2.75) is 12.6 Å². The Morgan fingerprint density at radius 3 is 2.54 bits per heavy atom. The first-order valence-corrected chi connectivity index (χ1v) is 8.68. The van der Waals surface area contributed by atoms with Crippen molar-refractivity contribution in [3.63, 3.8) is 0 Å². The first-order valence-electron chi connectivity index (χ1n) is 8.68. The molecule has 7 heteroatoms. The number of benzene rings is 2. The highest BCUT2D eigenvalue weighted by molar-refractivity contribution is 5.98. The fraction of sp³-hybridized carbons (Fsp3) is 0.143. The molecule has 2 aromatic carbocycles. The zero-order chi connectivity index (χ0) is 19.9. The van der Waals surface area contributed by atoms with Gasteiger partial charge in [0.1, 0.15) is 5.82 Å². The summed E-state index contributed by atoms with van der Waals surface area (Å²) >= 11 is 0. The maximum Gasteiger partial charge on any atom is 0.255 e. The molecule has 0 radical (unpaired) electrons. The van der Waals surface area contributed by atoms with Gasteiger partial charge in [0, 0.05) is 12.7 Å². The molecule has 0 aliphatic rings. The van der Waals surface area contributed by atoms with Crippen LogP contribution in [0.4, 0.5) is 14.6 Å². The van der Waals surface area contributed by atoms with Crippen LogP contribution in [0.1, 0.15) is 27.5 Å². The third kappa shape index (κ3) is 4.69. The zero-order valence-corrected chi connectivity index (χ0v) is 14.9. The number of carbonyl (C=O) groups excluding carboxylic acids is 1. The van der Waals surface area contributed by atoms with Crippen molar-refractivity contribution in [2.75, 3.05) is 11.9 Å². The van der Waals surface area contributed by atoms with Crippen molar-refractivity contribution in [1.29, 1.82) is 0 Å². The Hall–Kier alpha value is -3.32. The first-order chi connectivity index (χ1) is 13.6. The summed E-state index contributed by atoms with van der Waals surface area (Å²) in [5.74, 6) is -2.02. The van der Waals surface area contributed by atoms with Crippen LogP contribution in [-0.4, -0.2) is 22.6 Å². The molecule has 1 amide bonds. The second kappa shape index (κ2) is 9.05. The Labute approximate surface area is 161 Å². The van der Waals surface area contributed by atoms with Crippen molar-refractivity contribution in [2.24, 2.45) is 0 Å². The van der Waals surface area contributed by atoms with Gasteiger partial charge in [0.15, 0.2) is 11.6 Å². The summed E-state index contributed by atoms with van der Waals surface area (Å²) in [7, 11) is 0. The van der Waals surface area contributed by atoms with Crippen molar-refractivity contribution in [3.8, 4) is 0 Å². The van der Waals surface area contributed by atoms with E-state index in [9.17, 15) is 18.7 Å². The largest absolute Gasteiger partial charge is 0.394 e. The van der Waals surface area contributed by atoms with Gasteiger partial charge < -0.3 is 15.7 Å². The lowest BCUT2D eigenvalue weighted by Gasteiger charge is -2.19. The smallest absolute Gasteiger partial charge is 0.255 e. The van der Waals surface area contributed by atoms with Crippen LogP contribution in [0.25, 0.3) is 0 Å². The van der Waals surface area contributed by atoms with Gasteiger partial charge in [-0.05, 0) is 35.4 Å². The lowest BCUT2D eigenvalue weighted by molar-refractivity contribution is 0.0951. The quantitative estimate of drug-likeness (QED) is 0.584. The minimum Gasteiger partial charge on any atom is -0.394 e. The molecule has 1 heterocycles. The number of carbonyl (C=O) groups is 1. The average molecular weight is 383 g/mol. The Morgan fingerprint density at radius 2 is 1.82 bits per heavy atom. The normalized spacial score (nSPS) is 11.7. The van der Waals surface area contributed by atoms with Gasteiger partial charge in [-0.15, -0.1) is 0 Å². The van der Waals surface area contributed by atoms with E-state index in [-0.39, 0.29) is 18.7 Å². The summed E-state index contributed by atoms with van der Waals surface area (Å²) in [4.78, 5) is 16.8. The summed E-state index contributed by atoms with van der Waals surface area (Å²) in [5, 5.41) is 15.5. The maximum absolute atomic E-state index is 13.3. The van der Waals surface area contributed by atoms with E-state index in [1.165, 1.54) is 12.3 Å². The Balaban J connectivity index is 1.73. The van der Waals surface area contributed by atoms with Gasteiger partial charge in [0.05, 0.1) is 18.2 Å². The average Bonchev–Trinajstić information content (AvgIpc) is 2.73. The number of pyridine rings is 1. The van der Waals surface area contributed by atoms with E-state index in [0.717, 1.165) is 17.7 Å². The van der Waals surface area contributed by atoms with Gasteiger partial charge in [-0.25, -0.2) is 13.8 Å². The van der Waals surface area contributed by atoms with Crippen molar-refractivity contribution in [3.05, 3.63) is 95.2 Å². The number of aliphatic hydroxyl groups excluding tert-OH is 1. The van der Waals surface area contributed by atoms with Crippen molar-refractivity contribution in [1.82, 2.24) is 10.3 Å². The molecule has 3 rings (SSSR count). The van der Waals surface area contributed by atoms with Gasteiger partial charge in [-0.3, -0.25) is 4.79 Å². The van der Waals surface area contributed by atoms with Crippen LogP contribution in [0.3, 0.4) is 0 Å². The van der Waals surface area contributed by atoms with Crippen LogP contribution in [0.15, 0.2) is 66.9 Å². The maximum atomic E-state index is 13.3. The van der Waals surface area contributed by atoms with Crippen LogP contribution < -0.4 is 10.6 Å². The molecule has 1 aromatic heterocycles. The van der Waals surface area contributed by atoms with Crippen LogP contribution >= 0.6 is 0 Å². The molecule has 0 saturated carbocycles. The van der Waals surface area contributed by atoms with Crippen molar-refractivity contribution >= 4 is 11.7 Å². The molecule has 3 aromatic rings. The molecule has 1 atom stereocenters. The van der Waals surface area contributed by atoms with E-state index in [1.807, 2.05) is 30.3 Å². The zero-order valence-electron chi connectivity index (χ0n) is 14.9. The second-order valence-electron chi connectivity index (χ2n) is 6.12. The lowest BCUT2D eigenvalue weighted by atomic mass is 10.1. The molecule has 0 aliphatic carbocycles. The van der Waals surface area contributed by atoms with Gasteiger partial charge in [-0.2, -0.15) is 0 Å².